The summed E-state index contributed by atoms with van der Waals surface area (Å²) < 4.78 is 12.8. The van der Waals surface area contributed by atoms with Crippen LogP contribution in [0.2, 0.25) is 0 Å². The molecule has 1 aliphatic carbocycles. The molecule has 0 fully saturated rings. The molecule has 38 heavy (non-hydrogen) atoms. The molecule has 0 radical (unpaired) electrons. The Morgan fingerprint density at radius 2 is 1.92 bits per heavy atom. The highest BCUT2D eigenvalue weighted by molar-refractivity contribution is 6.03. The predicted molar refractivity (Wildman–Crippen MR) is 149 cm³/mol. The monoisotopic (exact) mass is 506 g/mol. The Labute approximate surface area is 222 Å². The fraction of sp³-hybridized carbons (Fsp3) is 0.258. The molecule has 0 bridgehead atoms. The van der Waals surface area contributed by atoms with E-state index >= 15 is 0 Å². The second kappa shape index (κ2) is 10.4. The molecule has 1 amide bonds. The summed E-state index contributed by atoms with van der Waals surface area (Å²) in [5.74, 6) is 0.784. The summed E-state index contributed by atoms with van der Waals surface area (Å²) in [6.45, 7) is 3.98. The Morgan fingerprint density at radius 1 is 1.13 bits per heavy atom. The Hall–Kier alpha value is -4.57. The van der Waals surface area contributed by atoms with Crippen molar-refractivity contribution in [2.45, 2.75) is 39.2 Å². The average molecular weight is 507 g/mol. The van der Waals surface area contributed by atoms with Gasteiger partial charge in [-0.1, -0.05) is 24.3 Å². The maximum Gasteiger partial charge on any atom is 0.248 e. The van der Waals surface area contributed by atoms with Crippen molar-refractivity contribution in [2.75, 3.05) is 19.5 Å². The fourth-order valence-corrected chi connectivity index (χ4v) is 5.50. The van der Waals surface area contributed by atoms with Crippen LogP contribution < -0.4 is 14.8 Å². The number of hydrogen-bond acceptors (Lipinski definition) is 5. The Kier molecular flexibility index (Phi) is 6.89. The second-order valence-electron chi connectivity index (χ2n) is 9.52. The predicted octanol–water partition coefficient (Wildman–Crippen LogP) is 6.12. The molecule has 2 heterocycles. The van der Waals surface area contributed by atoms with E-state index in [9.17, 15) is 10.1 Å². The van der Waals surface area contributed by atoms with Gasteiger partial charge in [-0.05, 0) is 74.1 Å². The zero-order valence-electron chi connectivity index (χ0n) is 22.0. The number of fused-ring (bicyclic) bond motifs is 2. The standard InChI is InChI=1S/C31H30N4O3/c1-19-16-20(2)33-31-30(19)24(18-32)26(35(31)25-11-7-9-21-8-5-6-10-23(21)25)13-15-29(36)34-22-12-14-27(37-3)28(17-22)38-4/h5-6,8,10,12-17,25H,7,9,11H2,1-4H3,(H,34,36)/b15-13+/t25-/m0/s1. The minimum absolute atomic E-state index is 0.0202. The van der Waals surface area contributed by atoms with Gasteiger partial charge in [0.25, 0.3) is 0 Å². The number of amides is 1. The molecule has 192 valence electrons. The number of hydrogen-bond donors (Lipinski definition) is 1. The molecule has 0 aliphatic heterocycles. The summed E-state index contributed by atoms with van der Waals surface area (Å²) in [6.07, 6.45) is 6.21. The van der Waals surface area contributed by atoms with Gasteiger partial charge in [-0.15, -0.1) is 0 Å². The van der Waals surface area contributed by atoms with Crippen LogP contribution in [0.5, 0.6) is 11.5 Å². The number of carbonyl (C=O) groups excluding carboxylic acids is 1. The van der Waals surface area contributed by atoms with E-state index in [4.69, 9.17) is 14.5 Å². The molecule has 0 unspecified atom stereocenters. The lowest BCUT2D eigenvalue weighted by atomic mass is 9.87. The molecule has 0 saturated heterocycles. The van der Waals surface area contributed by atoms with Gasteiger partial charge in [0.2, 0.25) is 5.91 Å². The van der Waals surface area contributed by atoms with Crippen LogP contribution in [0.4, 0.5) is 5.69 Å². The molecule has 2 aromatic heterocycles. The van der Waals surface area contributed by atoms with Crippen LogP contribution in [0.15, 0.2) is 54.6 Å². The highest BCUT2D eigenvalue weighted by Gasteiger charge is 2.28. The van der Waals surface area contributed by atoms with Crippen molar-refractivity contribution in [3.05, 3.63) is 88.2 Å². The molecule has 2 aromatic carbocycles. The molecular weight excluding hydrogens is 476 g/mol. The molecule has 4 aromatic rings. The van der Waals surface area contributed by atoms with E-state index in [0.717, 1.165) is 41.6 Å². The van der Waals surface area contributed by atoms with Gasteiger partial charge in [-0.25, -0.2) is 4.98 Å². The summed E-state index contributed by atoms with van der Waals surface area (Å²) in [4.78, 5) is 17.9. The molecule has 1 N–H and O–H groups in total. The molecule has 1 atom stereocenters. The maximum atomic E-state index is 13.0. The van der Waals surface area contributed by atoms with Crippen molar-refractivity contribution in [3.8, 4) is 17.6 Å². The number of nitriles is 1. The maximum absolute atomic E-state index is 13.0. The van der Waals surface area contributed by atoms with Gasteiger partial charge in [0.1, 0.15) is 11.7 Å². The zero-order chi connectivity index (χ0) is 26.8. The Balaban J connectivity index is 1.60. The van der Waals surface area contributed by atoms with E-state index in [1.54, 1.807) is 38.5 Å². The van der Waals surface area contributed by atoms with Gasteiger partial charge < -0.3 is 19.4 Å². The largest absolute Gasteiger partial charge is 0.493 e. The number of pyridine rings is 1. The zero-order valence-corrected chi connectivity index (χ0v) is 22.0. The molecule has 7 nitrogen and oxygen atoms in total. The van der Waals surface area contributed by atoms with Gasteiger partial charge in [0, 0.05) is 28.9 Å². The minimum Gasteiger partial charge on any atom is -0.493 e. The number of ether oxygens (including phenoxy) is 2. The lowest BCUT2D eigenvalue weighted by Crippen LogP contribution is -2.19. The van der Waals surface area contributed by atoms with Gasteiger partial charge in [-0.2, -0.15) is 5.26 Å². The van der Waals surface area contributed by atoms with Crippen molar-refractivity contribution < 1.29 is 14.3 Å². The van der Waals surface area contributed by atoms with Crippen molar-refractivity contribution >= 4 is 28.7 Å². The minimum atomic E-state index is -0.317. The number of aromatic nitrogens is 2. The van der Waals surface area contributed by atoms with Crippen molar-refractivity contribution in [1.29, 1.82) is 5.26 Å². The number of benzene rings is 2. The second-order valence-corrected chi connectivity index (χ2v) is 9.52. The van der Waals surface area contributed by atoms with Crippen LogP contribution in [0.25, 0.3) is 17.1 Å². The van der Waals surface area contributed by atoms with Gasteiger partial charge in [0.05, 0.1) is 31.5 Å². The van der Waals surface area contributed by atoms with Crippen LogP contribution in [0, 0.1) is 25.2 Å². The quantitative estimate of drug-likeness (QED) is 0.318. The highest BCUT2D eigenvalue weighted by Crippen LogP contribution is 2.39. The average Bonchev–Trinajstić information content (AvgIpc) is 3.24. The summed E-state index contributed by atoms with van der Waals surface area (Å²) in [7, 11) is 3.11. The number of nitrogens with one attached hydrogen (secondary N) is 1. The van der Waals surface area contributed by atoms with E-state index in [1.807, 2.05) is 19.9 Å². The third kappa shape index (κ3) is 4.50. The Bertz CT molecular complexity index is 1610. The van der Waals surface area contributed by atoms with E-state index in [-0.39, 0.29) is 11.9 Å². The first-order valence-corrected chi connectivity index (χ1v) is 12.7. The number of carbonyl (C=O) groups is 1. The van der Waals surface area contributed by atoms with Gasteiger partial charge >= 0.3 is 0 Å². The first kappa shape index (κ1) is 25.1. The summed E-state index contributed by atoms with van der Waals surface area (Å²) in [6, 6.07) is 18.1. The van der Waals surface area contributed by atoms with Gasteiger partial charge in [0.15, 0.2) is 11.5 Å². The molecule has 5 rings (SSSR count). The van der Waals surface area contributed by atoms with Crippen molar-refractivity contribution in [1.82, 2.24) is 9.55 Å². The molecule has 0 spiro atoms. The lowest BCUT2D eigenvalue weighted by molar-refractivity contribution is -0.111. The van der Waals surface area contributed by atoms with Crippen LogP contribution in [0.3, 0.4) is 0 Å². The smallest absolute Gasteiger partial charge is 0.248 e. The summed E-state index contributed by atoms with van der Waals surface area (Å²) in [5, 5.41) is 14.0. The van der Waals surface area contributed by atoms with Crippen molar-refractivity contribution in [2.24, 2.45) is 0 Å². The van der Waals surface area contributed by atoms with E-state index in [0.29, 0.717) is 28.4 Å². The number of rotatable bonds is 6. The normalized spacial score (nSPS) is 14.8. The topological polar surface area (TPSA) is 89.2 Å². The first-order valence-electron chi connectivity index (χ1n) is 12.7. The summed E-state index contributed by atoms with van der Waals surface area (Å²) in [5.41, 5.74) is 7.02. The summed E-state index contributed by atoms with van der Waals surface area (Å²) >= 11 is 0. The SMILES string of the molecule is COc1ccc(NC(=O)/C=C/c2c(C#N)c3c(C)cc(C)nc3n2[C@H]2CCCc3ccccc32)cc1OC. The molecule has 1 aliphatic rings. The van der Waals surface area contributed by atoms with E-state index in [2.05, 4.69) is 40.2 Å². The number of nitrogens with zero attached hydrogens (tertiary/aromatic N) is 3. The van der Waals surface area contributed by atoms with Crippen LogP contribution in [-0.2, 0) is 11.2 Å². The van der Waals surface area contributed by atoms with Gasteiger partial charge in [-0.3, -0.25) is 4.79 Å². The van der Waals surface area contributed by atoms with Crippen molar-refractivity contribution in [3.63, 3.8) is 0 Å². The number of aryl methyl sites for hydroxylation is 3. The highest BCUT2D eigenvalue weighted by atomic mass is 16.5. The van der Waals surface area contributed by atoms with Crippen LogP contribution in [0.1, 0.15) is 52.5 Å². The fourth-order valence-electron chi connectivity index (χ4n) is 5.50. The van der Waals surface area contributed by atoms with E-state index in [1.165, 1.54) is 17.2 Å². The van der Waals surface area contributed by atoms with Crippen LogP contribution in [-0.4, -0.2) is 29.7 Å². The number of anilines is 1. The first-order chi connectivity index (χ1) is 18.4. The molecular formula is C31H30N4O3. The van der Waals surface area contributed by atoms with E-state index < -0.39 is 0 Å². The Morgan fingerprint density at radius 3 is 2.68 bits per heavy atom. The third-order valence-corrected chi connectivity index (χ3v) is 7.12. The molecule has 0 saturated carbocycles. The molecule has 7 heteroatoms. The third-order valence-electron chi connectivity index (χ3n) is 7.12. The number of methoxy groups -OCH3 is 2. The van der Waals surface area contributed by atoms with Crippen LogP contribution >= 0.6 is 0 Å². The lowest BCUT2D eigenvalue weighted by Gasteiger charge is -2.28.